The van der Waals surface area contributed by atoms with Gasteiger partial charge in [0.1, 0.15) is 34.1 Å². The summed E-state index contributed by atoms with van der Waals surface area (Å²) in [7, 11) is 3.96. The molecule has 10 heteroatoms. The molecule has 1 atom stereocenters. The van der Waals surface area contributed by atoms with Crippen LogP contribution in [0.1, 0.15) is 39.9 Å². The summed E-state index contributed by atoms with van der Waals surface area (Å²) >= 11 is 0. The van der Waals surface area contributed by atoms with E-state index in [1.165, 1.54) is 5.56 Å². The molecule has 0 spiro atoms. The Morgan fingerprint density at radius 1 is 1.06 bits per heavy atom. The summed E-state index contributed by atoms with van der Waals surface area (Å²) in [4.78, 5) is 41.1. The summed E-state index contributed by atoms with van der Waals surface area (Å²) in [6.45, 7) is 5.09. The quantitative estimate of drug-likeness (QED) is 0.401. The third kappa shape index (κ3) is 4.86. The number of nitrogens with one attached hydrogen (secondary N) is 1. The van der Waals surface area contributed by atoms with Crippen LogP contribution >= 0.6 is 0 Å². The van der Waals surface area contributed by atoms with Crippen LogP contribution in [-0.4, -0.2) is 75.6 Å². The molecular formula is C25H29B2N3O5. The van der Waals surface area contributed by atoms with Crippen LogP contribution in [0.25, 0.3) is 0 Å². The van der Waals surface area contributed by atoms with Crippen LogP contribution in [0.5, 0.6) is 5.75 Å². The first-order valence-electron chi connectivity index (χ1n) is 12.2. The van der Waals surface area contributed by atoms with E-state index in [2.05, 4.69) is 34.5 Å². The van der Waals surface area contributed by atoms with E-state index in [9.17, 15) is 14.4 Å². The Kier molecular flexibility index (Phi) is 6.67. The summed E-state index contributed by atoms with van der Waals surface area (Å²) in [6.07, 6.45) is 0.578. The van der Waals surface area contributed by atoms with Crippen molar-refractivity contribution in [2.75, 3.05) is 26.3 Å². The van der Waals surface area contributed by atoms with Gasteiger partial charge in [0.05, 0.1) is 19.8 Å². The fourth-order valence-electron chi connectivity index (χ4n) is 5.02. The normalized spacial score (nSPS) is 20.6. The van der Waals surface area contributed by atoms with Crippen LogP contribution in [0, 0.1) is 0 Å². The number of amides is 3. The average molecular weight is 473 g/mol. The van der Waals surface area contributed by atoms with Gasteiger partial charge in [0.2, 0.25) is 11.8 Å². The van der Waals surface area contributed by atoms with E-state index in [1.807, 2.05) is 21.8 Å². The second-order valence-corrected chi connectivity index (χ2v) is 9.57. The lowest BCUT2D eigenvalue weighted by Gasteiger charge is -2.29. The van der Waals surface area contributed by atoms with Crippen molar-refractivity contribution >= 4 is 44.3 Å². The zero-order valence-electron chi connectivity index (χ0n) is 20.3. The van der Waals surface area contributed by atoms with Crippen molar-refractivity contribution < 1.29 is 23.9 Å². The molecule has 1 unspecified atom stereocenters. The minimum atomic E-state index is -0.639. The lowest BCUT2D eigenvalue weighted by atomic mass is 9.77. The molecule has 3 aliphatic heterocycles. The number of piperidine rings is 1. The lowest BCUT2D eigenvalue weighted by Crippen LogP contribution is -2.52. The number of imide groups is 1. The molecule has 8 nitrogen and oxygen atoms in total. The van der Waals surface area contributed by atoms with E-state index in [-0.39, 0.29) is 18.2 Å². The van der Waals surface area contributed by atoms with Gasteiger partial charge in [-0.25, -0.2) is 0 Å². The van der Waals surface area contributed by atoms with Crippen molar-refractivity contribution in [2.45, 2.75) is 38.6 Å². The van der Waals surface area contributed by atoms with E-state index in [1.54, 1.807) is 4.90 Å². The Bertz CT molecular complexity index is 1160. The topological polar surface area (TPSA) is 88.2 Å². The first-order valence-corrected chi connectivity index (χ1v) is 12.2. The van der Waals surface area contributed by atoms with Gasteiger partial charge >= 0.3 is 0 Å². The summed E-state index contributed by atoms with van der Waals surface area (Å²) in [5.74, 6) is -0.173. The zero-order chi connectivity index (χ0) is 24.5. The molecule has 0 radical (unpaired) electrons. The van der Waals surface area contributed by atoms with Gasteiger partial charge in [-0.2, -0.15) is 0 Å². The number of fused-ring (bicyclic) bond motifs is 1. The van der Waals surface area contributed by atoms with Crippen LogP contribution in [0.4, 0.5) is 0 Å². The smallest absolute Gasteiger partial charge is 0.255 e. The van der Waals surface area contributed by atoms with Crippen molar-refractivity contribution in [1.29, 1.82) is 0 Å². The maximum absolute atomic E-state index is 13.2. The highest BCUT2D eigenvalue weighted by molar-refractivity contribution is 6.50. The molecule has 180 valence electrons. The summed E-state index contributed by atoms with van der Waals surface area (Å²) in [6, 6.07) is 9.68. The predicted octanol–water partition coefficient (Wildman–Crippen LogP) is -1.62. The maximum atomic E-state index is 13.2. The van der Waals surface area contributed by atoms with E-state index in [0.29, 0.717) is 30.9 Å². The van der Waals surface area contributed by atoms with Gasteiger partial charge in [-0.1, -0.05) is 41.3 Å². The minimum Gasteiger partial charge on any atom is -0.489 e. The molecule has 3 heterocycles. The molecule has 3 amide bonds. The molecule has 1 N–H and O–H groups in total. The van der Waals surface area contributed by atoms with Crippen LogP contribution in [-0.2, 0) is 34.0 Å². The lowest BCUT2D eigenvalue weighted by molar-refractivity contribution is -0.136. The fourth-order valence-corrected chi connectivity index (χ4v) is 5.02. The first-order chi connectivity index (χ1) is 16.9. The van der Waals surface area contributed by atoms with Crippen LogP contribution in [0.3, 0.4) is 0 Å². The Morgan fingerprint density at radius 2 is 1.77 bits per heavy atom. The number of ether oxygens (including phenoxy) is 2. The number of benzene rings is 2. The number of hydrogen-bond acceptors (Lipinski definition) is 6. The average Bonchev–Trinajstić information content (AvgIpc) is 3.16. The van der Waals surface area contributed by atoms with Gasteiger partial charge in [0, 0.05) is 37.2 Å². The van der Waals surface area contributed by atoms with Crippen molar-refractivity contribution in [3.05, 3.63) is 52.6 Å². The Labute approximate surface area is 206 Å². The minimum absolute atomic E-state index is 0.185. The standard InChI is InChI=1S/C25H29B2N3O5/c26-19-11-17-18(13-30(25(17)33)20-5-6-21(31)28-24(20)32)23(22(19)27)35-14-16-3-1-15(2-4-16)12-29-7-9-34-10-8-29/h1-4,11,20H,5-10,12-14,26-27H2,(H,28,31,32). The van der Waals surface area contributed by atoms with Crippen LogP contribution < -0.4 is 21.0 Å². The van der Waals surface area contributed by atoms with Crippen molar-refractivity contribution in [2.24, 2.45) is 0 Å². The Morgan fingerprint density at radius 3 is 2.49 bits per heavy atom. The van der Waals surface area contributed by atoms with Crippen LogP contribution in [0.15, 0.2) is 30.3 Å². The zero-order valence-corrected chi connectivity index (χ0v) is 20.3. The molecule has 0 bridgehead atoms. The van der Waals surface area contributed by atoms with Gasteiger partial charge in [-0.05, 0) is 17.5 Å². The largest absolute Gasteiger partial charge is 0.489 e. The monoisotopic (exact) mass is 473 g/mol. The third-order valence-corrected chi connectivity index (χ3v) is 7.21. The summed E-state index contributed by atoms with van der Waals surface area (Å²) in [5, 5.41) is 2.36. The number of carbonyl (C=O) groups excluding carboxylic acids is 3. The van der Waals surface area contributed by atoms with E-state index < -0.39 is 11.9 Å². The summed E-state index contributed by atoms with van der Waals surface area (Å²) in [5.41, 5.74) is 5.66. The van der Waals surface area contributed by atoms with Gasteiger partial charge in [0.25, 0.3) is 5.91 Å². The SMILES string of the molecule is Bc1cc2c(c(OCc3ccc(CN4CCOCC4)cc3)c1B)CN(C1CCC(=O)NC1=O)C2=O. The van der Waals surface area contributed by atoms with Crippen molar-refractivity contribution in [3.63, 3.8) is 0 Å². The predicted molar refractivity (Wildman–Crippen MR) is 136 cm³/mol. The molecule has 0 saturated carbocycles. The molecule has 2 aromatic rings. The second kappa shape index (κ2) is 9.87. The number of morpholine rings is 1. The summed E-state index contributed by atoms with van der Waals surface area (Å²) < 4.78 is 11.7. The molecule has 2 saturated heterocycles. The molecule has 2 aromatic carbocycles. The highest BCUT2D eigenvalue weighted by Gasteiger charge is 2.40. The van der Waals surface area contributed by atoms with Crippen molar-refractivity contribution in [1.82, 2.24) is 15.1 Å². The third-order valence-electron chi connectivity index (χ3n) is 7.21. The number of nitrogens with zero attached hydrogens (tertiary/aromatic N) is 2. The number of hydrogen-bond donors (Lipinski definition) is 1. The van der Waals surface area contributed by atoms with Gasteiger partial charge < -0.3 is 14.4 Å². The Balaban J connectivity index is 1.30. The van der Waals surface area contributed by atoms with Crippen molar-refractivity contribution in [3.8, 4) is 5.75 Å². The molecular weight excluding hydrogens is 444 g/mol. The molecule has 0 aliphatic carbocycles. The molecule has 3 aliphatic rings. The number of rotatable bonds is 6. The molecule has 2 fully saturated rings. The van der Waals surface area contributed by atoms with Gasteiger partial charge in [0.15, 0.2) is 0 Å². The fraction of sp³-hybridized carbons (Fsp3) is 0.400. The Hall–Kier alpha value is -3.10. The molecule has 5 rings (SSSR count). The second-order valence-electron chi connectivity index (χ2n) is 9.57. The molecule has 0 aromatic heterocycles. The van der Waals surface area contributed by atoms with E-state index >= 15 is 0 Å². The molecule has 35 heavy (non-hydrogen) atoms. The van der Waals surface area contributed by atoms with Gasteiger partial charge in [-0.3, -0.25) is 24.6 Å². The maximum Gasteiger partial charge on any atom is 0.255 e. The van der Waals surface area contributed by atoms with E-state index in [0.717, 1.165) is 54.9 Å². The first kappa shape index (κ1) is 23.6. The number of carbonyl (C=O) groups is 3. The van der Waals surface area contributed by atoms with Crippen LogP contribution in [0.2, 0.25) is 0 Å². The highest BCUT2D eigenvalue weighted by atomic mass is 16.5. The highest BCUT2D eigenvalue weighted by Crippen LogP contribution is 2.32. The van der Waals surface area contributed by atoms with E-state index in [4.69, 9.17) is 9.47 Å². The van der Waals surface area contributed by atoms with Gasteiger partial charge in [-0.15, -0.1) is 0 Å².